The van der Waals surface area contributed by atoms with Gasteiger partial charge >= 0.3 is 5.97 Å². The summed E-state index contributed by atoms with van der Waals surface area (Å²) in [5, 5.41) is 10.1. The molecule has 0 aliphatic carbocycles. The predicted octanol–water partition coefficient (Wildman–Crippen LogP) is 3.83. The molecule has 106 valence electrons. The Morgan fingerprint density at radius 2 is 2.35 bits per heavy atom. The normalized spacial score (nSPS) is 11.5. The van der Waals surface area contributed by atoms with E-state index in [0.717, 1.165) is 24.0 Å². The highest BCUT2D eigenvalue weighted by Gasteiger charge is 2.14. The number of rotatable bonds is 6. The van der Waals surface area contributed by atoms with Gasteiger partial charge in [0.15, 0.2) is 5.16 Å². The summed E-state index contributed by atoms with van der Waals surface area (Å²) in [6.07, 6.45) is 4.94. The number of carbonyl (C=O) groups is 1. The number of carboxylic acid groups (broad SMARTS) is 1. The first-order chi connectivity index (χ1) is 9.63. The van der Waals surface area contributed by atoms with Crippen molar-refractivity contribution in [1.29, 1.82) is 0 Å². The summed E-state index contributed by atoms with van der Waals surface area (Å²) in [5.74, 6) is -0.863. The van der Waals surface area contributed by atoms with E-state index in [9.17, 15) is 4.79 Å². The molecule has 4 nitrogen and oxygen atoms in total. The zero-order valence-corrected chi connectivity index (χ0v) is 12.6. The number of thioether (sulfide) groups is 1. The fraction of sp³-hybridized carbons (Fsp3) is 0.286. The molecule has 2 aromatic rings. The zero-order valence-electron chi connectivity index (χ0n) is 11.0. The van der Waals surface area contributed by atoms with Crippen molar-refractivity contribution < 1.29 is 9.90 Å². The number of aromatic nitrogens is 2. The summed E-state index contributed by atoms with van der Waals surface area (Å²) in [5.41, 5.74) is 1.66. The number of carboxylic acids is 1. The van der Waals surface area contributed by atoms with Gasteiger partial charge in [-0.15, -0.1) is 0 Å². The number of aliphatic carboxylic acids is 1. The van der Waals surface area contributed by atoms with Crippen LogP contribution in [-0.2, 0) is 11.3 Å². The first-order valence-corrected chi connectivity index (χ1v) is 7.60. The van der Waals surface area contributed by atoms with Crippen molar-refractivity contribution in [3.05, 3.63) is 35.4 Å². The molecule has 0 aliphatic heterocycles. The van der Waals surface area contributed by atoms with Crippen LogP contribution in [0.15, 0.2) is 35.5 Å². The highest BCUT2D eigenvalue weighted by Crippen LogP contribution is 2.28. The van der Waals surface area contributed by atoms with Gasteiger partial charge in [-0.05, 0) is 25.5 Å². The molecule has 0 atom stereocenters. The number of hydrogen-bond donors (Lipinski definition) is 1. The third kappa shape index (κ3) is 3.35. The van der Waals surface area contributed by atoms with Crippen LogP contribution in [0.2, 0.25) is 5.02 Å². The molecule has 1 aromatic heterocycles. The van der Waals surface area contributed by atoms with Crippen molar-refractivity contribution in [1.82, 2.24) is 9.55 Å². The summed E-state index contributed by atoms with van der Waals surface area (Å²) in [7, 11) is 0. The minimum absolute atomic E-state index is 0.00937. The Kier molecular flexibility index (Phi) is 5.09. The van der Waals surface area contributed by atoms with Crippen LogP contribution in [0.4, 0.5) is 0 Å². The molecule has 1 aromatic carbocycles. The molecule has 1 N–H and O–H groups in total. The van der Waals surface area contributed by atoms with E-state index >= 15 is 0 Å². The number of hydrogen-bond acceptors (Lipinski definition) is 3. The van der Waals surface area contributed by atoms with Gasteiger partial charge in [-0.25, -0.2) is 4.98 Å². The van der Waals surface area contributed by atoms with E-state index in [1.54, 1.807) is 6.07 Å². The SMILES string of the molecule is C/C=C/CCn1c(SCC(=O)O)nc2c(Cl)cccc21. The van der Waals surface area contributed by atoms with Crippen LogP contribution in [0.3, 0.4) is 0 Å². The van der Waals surface area contributed by atoms with Gasteiger partial charge in [-0.2, -0.15) is 0 Å². The second-order valence-electron chi connectivity index (χ2n) is 4.19. The lowest BCUT2D eigenvalue weighted by molar-refractivity contribution is -0.133. The average molecular weight is 311 g/mol. The van der Waals surface area contributed by atoms with Crippen molar-refractivity contribution in [2.45, 2.75) is 25.0 Å². The maximum atomic E-state index is 10.7. The van der Waals surface area contributed by atoms with Crippen molar-refractivity contribution in [2.24, 2.45) is 0 Å². The van der Waals surface area contributed by atoms with Crippen LogP contribution in [0.25, 0.3) is 11.0 Å². The second kappa shape index (κ2) is 6.81. The number of fused-ring (bicyclic) bond motifs is 1. The van der Waals surface area contributed by atoms with Crippen molar-refractivity contribution in [3.63, 3.8) is 0 Å². The summed E-state index contributed by atoms with van der Waals surface area (Å²) >= 11 is 7.37. The number of allylic oxidation sites excluding steroid dienone is 2. The quantitative estimate of drug-likeness (QED) is 0.650. The van der Waals surface area contributed by atoms with Gasteiger partial charge < -0.3 is 9.67 Å². The highest BCUT2D eigenvalue weighted by molar-refractivity contribution is 7.99. The maximum Gasteiger partial charge on any atom is 0.313 e. The van der Waals surface area contributed by atoms with E-state index in [-0.39, 0.29) is 5.75 Å². The van der Waals surface area contributed by atoms with Crippen LogP contribution >= 0.6 is 23.4 Å². The number of nitrogens with zero attached hydrogens (tertiary/aromatic N) is 2. The molecule has 1 heterocycles. The number of halogens is 1. The molecule has 0 saturated heterocycles. The van der Waals surface area contributed by atoms with Crippen LogP contribution < -0.4 is 0 Å². The minimum atomic E-state index is -0.854. The van der Waals surface area contributed by atoms with E-state index in [2.05, 4.69) is 11.1 Å². The molecule has 0 aliphatic rings. The molecule has 0 spiro atoms. The van der Waals surface area contributed by atoms with Crippen molar-refractivity contribution in [3.8, 4) is 0 Å². The fourth-order valence-corrected chi connectivity index (χ4v) is 2.88. The van der Waals surface area contributed by atoms with E-state index in [1.807, 2.05) is 29.7 Å². The molecular weight excluding hydrogens is 296 g/mol. The van der Waals surface area contributed by atoms with Gasteiger partial charge in [0.2, 0.25) is 0 Å². The molecule has 0 unspecified atom stereocenters. The van der Waals surface area contributed by atoms with Crippen LogP contribution in [0.5, 0.6) is 0 Å². The average Bonchev–Trinajstić information content (AvgIpc) is 2.77. The lowest BCUT2D eigenvalue weighted by Crippen LogP contribution is -2.03. The number of imidazole rings is 1. The van der Waals surface area contributed by atoms with E-state index in [4.69, 9.17) is 16.7 Å². The highest BCUT2D eigenvalue weighted by atomic mass is 35.5. The Balaban J connectivity index is 2.39. The number of benzene rings is 1. The summed E-state index contributed by atoms with van der Waals surface area (Å²) in [6.45, 7) is 2.73. The lowest BCUT2D eigenvalue weighted by Gasteiger charge is -2.06. The predicted molar refractivity (Wildman–Crippen MR) is 82.5 cm³/mol. The molecule has 0 saturated carbocycles. The molecule has 0 fully saturated rings. The van der Waals surface area contributed by atoms with Crippen LogP contribution in [0.1, 0.15) is 13.3 Å². The van der Waals surface area contributed by atoms with Crippen molar-refractivity contribution in [2.75, 3.05) is 5.75 Å². The first kappa shape index (κ1) is 14.9. The lowest BCUT2D eigenvalue weighted by atomic mass is 10.3. The standard InChI is InChI=1S/C14H15ClN2O2S/c1-2-3-4-8-17-11-7-5-6-10(15)13(11)16-14(17)20-9-12(18)19/h2-3,5-7H,4,8-9H2,1H3,(H,18,19)/b3-2+. The minimum Gasteiger partial charge on any atom is -0.481 e. The number of aryl methyl sites for hydroxylation is 1. The van der Waals surface area contributed by atoms with Gasteiger partial charge in [-0.1, -0.05) is 41.6 Å². The van der Waals surface area contributed by atoms with Crippen LogP contribution in [-0.4, -0.2) is 26.4 Å². The maximum absolute atomic E-state index is 10.7. The van der Waals surface area contributed by atoms with E-state index < -0.39 is 5.97 Å². The largest absolute Gasteiger partial charge is 0.481 e. The third-order valence-corrected chi connectivity index (χ3v) is 4.04. The zero-order chi connectivity index (χ0) is 14.5. The van der Waals surface area contributed by atoms with Crippen molar-refractivity contribution >= 4 is 40.4 Å². The van der Waals surface area contributed by atoms with Gasteiger partial charge in [0.05, 0.1) is 16.3 Å². The summed E-state index contributed by atoms with van der Waals surface area (Å²) < 4.78 is 2.02. The Hall–Kier alpha value is -1.46. The molecule has 0 amide bonds. The molecule has 2 rings (SSSR count). The molecule has 0 radical (unpaired) electrons. The van der Waals surface area contributed by atoms with E-state index in [0.29, 0.717) is 10.2 Å². The second-order valence-corrected chi connectivity index (χ2v) is 5.54. The van der Waals surface area contributed by atoms with Gasteiger partial charge in [0, 0.05) is 6.54 Å². The van der Waals surface area contributed by atoms with Gasteiger partial charge in [0.1, 0.15) is 5.52 Å². The van der Waals surface area contributed by atoms with E-state index in [1.165, 1.54) is 11.8 Å². The monoisotopic (exact) mass is 310 g/mol. The Morgan fingerprint density at radius 1 is 1.55 bits per heavy atom. The summed E-state index contributed by atoms with van der Waals surface area (Å²) in [6, 6.07) is 5.62. The Bertz CT molecular complexity index is 652. The topological polar surface area (TPSA) is 55.1 Å². The van der Waals surface area contributed by atoms with Crippen LogP contribution in [0, 0.1) is 0 Å². The fourth-order valence-electron chi connectivity index (χ4n) is 1.91. The van der Waals surface area contributed by atoms with Gasteiger partial charge in [0.25, 0.3) is 0 Å². The molecule has 20 heavy (non-hydrogen) atoms. The number of para-hydroxylation sites is 1. The Labute approximate surface area is 126 Å². The first-order valence-electron chi connectivity index (χ1n) is 6.24. The third-order valence-electron chi connectivity index (χ3n) is 2.77. The van der Waals surface area contributed by atoms with Gasteiger partial charge in [-0.3, -0.25) is 4.79 Å². The molecule has 6 heteroatoms. The smallest absolute Gasteiger partial charge is 0.313 e. The summed E-state index contributed by atoms with van der Waals surface area (Å²) in [4.78, 5) is 15.2. The molecular formula is C14H15ClN2O2S. The molecule has 0 bridgehead atoms. The Morgan fingerprint density at radius 3 is 3.05 bits per heavy atom.